The Morgan fingerprint density at radius 1 is 0.817 bits per heavy atom. The van der Waals surface area contributed by atoms with Crippen molar-refractivity contribution in [2.24, 2.45) is 23.7 Å². The number of Topliss-reactive ketones (excluding diaryl/α,β-unsaturated/α-hetero) is 1. The number of aromatic carboxylic acids is 2. The molecule has 0 aliphatic heterocycles. The number of hydrogen-bond donors (Lipinski definition) is 2. The Morgan fingerprint density at radius 3 is 2.47 bits per heavy atom. The van der Waals surface area contributed by atoms with E-state index in [1.807, 2.05) is 72.9 Å². The number of para-hydroxylation sites is 1. The summed E-state index contributed by atoms with van der Waals surface area (Å²) in [5, 5.41) is 20.7. The normalized spacial score (nSPS) is 21.1. The number of carboxylic acid groups (broad SMARTS) is 2. The zero-order valence-corrected chi connectivity index (χ0v) is 34.7. The van der Waals surface area contributed by atoms with E-state index in [2.05, 4.69) is 9.97 Å². The third-order valence-corrected chi connectivity index (χ3v) is 13.5. The van der Waals surface area contributed by atoms with E-state index in [4.69, 9.17) is 31.3 Å². The molecule has 0 saturated heterocycles. The topological polar surface area (TPSA) is 136 Å². The predicted molar refractivity (Wildman–Crippen MR) is 232 cm³/mol. The fourth-order valence-corrected chi connectivity index (χ4v) is 9.81. The van der Waals surface area contributed by atoms with Crippen LogP contribution >= 0.6 is 22.9 Å². The summed E-state index contributed by atoms with van der Waals surface area (Å²) in [4.78, 5) is 44.5. The number of pyridine rings is 2. The van der Waals surface area contributed by atoms with Gasteiger partial charge in [-0.3, -0.25) is 14.8 Å². The van der Waals surface area contributed by atoms with Crippen molar-refractivity contribution in [1.29, 1.82) is 0 Å². The fourth-order valence-electron chi connectivity index (χ4n) is 8.54. The number of fused-ring (bicyclic) bond motifs is 2. The molecule has 2 N–H and O–H groups in total. The van der Waals surface area contributed by atoms with Crippen LogP contribution in [0.25, 0.3) is 21.7 Å². The van der Waals surface area contributed by atoms with Gasteiger partial charge in [-0.05, 0) is 135 Å². The van der Waals surface area contributed by atoms with E-state index >= 15 is 0 Å². The number of aromatic nitrogens is 2. The average molecular weight is 851 g/mol. The van der Waals surface area contributed by atoms with Gasteiger partial charge in [-0.2, -0.15) is 0 Å². The van der Waals surface area contributed by atoms with Crippen LogP contribution in [-0.2, 0) is 17.6 Å². The maximum atomic E-state index is 14.3. The minimum atomic E-state index is -1.02. The molecule has 6 atom stereocenters. The number of ketones is 1. The number of aryl methyl sites for hydroxylation is 2. The van der Waals surface area contributed by atoms with Crippen molar-refractivity contribution in [2.45, 2.75) is 69.3 Å². The number of carbonyl (C=O) groups excluding carboxylic acids is 1. The molecule has 0 amide bonds. The molecule has 2 unspecified atom stereocenters. The number of carboxylic acids is 2. The number of hydrogen-bond acceptors (Lipinski definition) is 8. The molecule has 9 nitrogen and oxygen atoms in total. The van der Waals surface area contributed by atoms with Crippen molar-refractivity contribution in [2.75, 3.05) is 13.2 Å². The van der Waals surface area contributed by atoms with E-state index in [0.29, 0.717) is 42.4 Å². The standard InChI is InChI=1S/C25H25NO4.C23H23ClFNO3S/c27-22-13-12-18(7-1-5-17-6-2-9-20(15-17)25(28)29)21(22)16-30-23-11-3-8-19-10-4-14-26-24(19)23;24-22-19(13-29-17-5-4-16-12-26-9-8-14(16)10-17)15(11-20(22)25)2-1-3-18-6-7-21(30-18)23(27)28/h2-4,6,8-11,14-15,18,21H,1,5,7,12-13,16H2,(H,28,29);4-10,12,15,19-20,22H,1-3,11,13H2,(H,27,28)/t18-,21+;15-,19+,20?,22?/m00/s1. The third kappa shape index (κ3) is 10.9. The summed E-state index contributed by atoms with van der Waals surface area (Å²) in [6, 6.07) is 28.1. The van der Waals surface area contributed by atoms with Gasteiger partial charge in [-0.25, -0.2) is 14.0 Å². The third-order valence-electron chi connectivity index (χ3n) is 11.8. The molecule has 0 radical (unpaired) electrons. The van der Waals surface area contributed by atoms with Gasteiger partial charge in [-0.1, -0.05) is 30.3 Å². The quantitative estimate of drug-likeness (QED) is 0.0912. The molecule has 60 heavy (non-hydrogen) atoms. The molecule has 0 bridgehead atoms. The Labute approximate surface area is 357 Å². The SMILES string of the molecule is O=C(O)c1ccc(CCC[C@H]2CC(F)C(Cl)[C@@H]2COc2ccc3cnccc3c2)s1.O=C(O)c1cccc(CCC[C@H]2CCC(=O)[C@@H]2COc2cccc3cccnc23)c1. The van der Waals surface area contributed by atoms with Crippen LogP contribution in [0, 0.1) is 23.7 Å². The largest absolute Gasteiger partial charge is 0.493 e. The van der Waals surface area contributed by atoms with E-state index in [0.717, 1.165) is 88.6 Å². The van der Waals surface area contributed by atoms with Gasteiger partial charge < -0.3 is 19.7 Å². The maximum absolute atomic E-state index is 14.3. The van der Waals surface area contributed by atoms with Crippen LogP contribution in [0.4, 0.5) is 4.39 Å². The van der Waals surface area contributed by atoms with Crippen LogP contribution in [0.5, 0.6) is 11.5 Å². The van der Waals surface area contributed by atoms with Crippen molar-refractivity contribution >= 4 is 62.3 Å². The van der Waals surface area contributed by atoms with Crippen molar-refractivity contribution < 1.29 is 38.5 Å². The van der Waals surface area contributed by atoms with Gasteiger partial charge in [0.1, 0.15) is 33.8 Å². The van der Waals surface area contributed by atoms with Gasteiger partial charge in [0, 0.05) is 46.6 Å². The Kier molecular flexibility index (Phi) is 14.4. The lowest BCUT2D eigenvalue weighted by atomic mass is 9.90. The van der Waals surface area contributed by atoms with Gasteiger partial charge in [0.15, 0.2) is 0 Å². The van der Waals surface area contributed by atoms with Crippen LogP contribution in [0.15, 0.2) is 110 Å². The lowest BCUT2D eigenvalue weighted by Gasteiger charge is -2.22. The zero-order valence-electron chi connectivity index (χ0n) is 33.1. The highest BCUT2D eigenvalue weighted by Crippen LogP contribution is 2.41. The second kappa shape index (κ2) is 20.2. The molecular weight excluding hydrogens is 803 g/mol. The summed E-state index contributed by atoms with van der Waals surface area (Å²) < 4.78 is 26.4. The Balaban J connectivity index is 0.000000181. The summed E-state index contributed by atoms with van der Waals surface area (Å²) in [7, 11) is 0. The van der Waals surface area contributed by atoms with Gasteiger partial charge in [0.25, 0.3) is 0 Å². The second-order valence-corrected chi connectivity index (χ2v) is 17.4. The number of benzene rings is 3. The van der Waals surface area contributed by atoms with Crippen molar-refractivity contribution in [3.05, 3.63) is 130 Å². The number of nitrogens with zero attached hydrogens (tertiary/aromatic N) is 2. The Bertz CT molecular complexity index is 2420. The monoisotopic (exact) mass is 850 g/mol. The molecule has 312 valence electrons. The van der Waals surface area contributed by atoms with E-state index in [1.165, 1.54) is 11.3 Å². The van der Waals surface area contributed by atoms with Gasteiger partial charge in [0.05, 0.1) is 30.1 Å². The molecule has 6 aromatic rings. The Morgan fingerprint density at radius 2 is 1.63 bits per heavy atom. The molecular formula is C48H48ClFN2O7S. The van der Waals surface area contributed by atoms with Crippen molar-refractivity contribution in [3.63, 3.8) is 0 Å². The summed E-state index contributed by atoms with van der Waals surface area (Å²) in [5.41, 5.74) is 2.16. The van der Waals surface area contributed by atoms with Crippen LogP contribution < -0.4 is 9.47 Å². The summed E-state index contributed by atoms with van der Waals surface area (Å²) in [5.74, 6) is 0.278. The number of rotatable bonds is 16. The number of ether oxygens (including phenoxy) is 2. The van der Waals surface area contributed by atoms with Gasteiger partial charge >= 0.3 is 11.9 Å². The first-order valence-corrected chi connectivity index (χ1v) is 21.8. The van der Waals surface area contributed by atoms with Crippen LogP contribution in [0.1, 0.15) is 75.4 Å². The number of thiophene rings is 1. The van der Waals surface area contributed by atoms with E-state index in [1.54, 1.807) is 36.7 Å². The molecule has 12 heteroatoms. The molecule has 0 spiro atoms. The molecule has 2 aliphatic rings. The zero-order chi connectivity index (χ0) is 42.0. The maximum Gasteiger partial charge on any atom is 0.345 e. The molecule has 3 aromatic heterocycles. The minimum absolute atomic E-state index is 0.0484. The van der Waals surface area contributed by atoms with Crippen molar-refractivity contribution in [1.82, 2.24) is 9.97 Å². The van der Waals surface area contributed by atoms with Crippen molar-refractivity contribution in [3.8, 4) is 11.5 Å². The second-order valence-electron chi connectivity index (χ2n) is 15.7. The molecule has 2 fully saturated rings. The number of halogens is 2. The predicted octanol–water partition coefficient (Wildman–Crippen LogP) is 10.9. The first-order valence-electron chi connectivity index (χ1n) is 20.5. The van der Waals surface area contributed by atoms with E-state index in [-0.39, 0.29) is 23.5 Å². The summed E-state index contributed by atoms with van der Waals surface area (Å²) in [6.45, 7) is 0.770. The highest BCUT2D eigenvalue weighted by Gasteiger charge is 2.42. The summed E-state index contributed by atoms with van der Waals surface area (Å²) in [6.07, 6.45) is 11.4. The van der Waals surface area contributed by atoms with E-state index < -0.39 is 23.5 Å². The van der Waals surface area contributed by atoms with Crippen LogP contribution in [-0.4, -0.2) is 62.7 Å². The smallest absolute Gasteiger partial charge is 0.345 e. The number of alkyl halides is 2. The summed E-state index contributed by atoms with van der Waals surface area (Å²) >= 11 is 7.70. The Hall–Kier alpha value is -5.39. The lowest BCUT2D eigenvalue weighted by molar-refractivity contribution is -0.122. The van der Waals surface area contributed by atoms with E-state index in [9.17, 15) is 18.8 Å². The molecule has 3 aromatic carbocycles. The molecule has 2 saturated carbocycles. The fraction of sp³-hybridized carbons (Fsp3) is 0.354. The highest BCUT2D eigenvalue weighted by molar-refractivity contribution is 7.13. The van der Waals surface area contributed by atoms with Gasteiger partial charge in [0.2, 0.25) is 0 Å². The molecule has 3 heterocycles. The van der Waals surface area contributed by atoms with Crippen LogP contribution in [0.3, 0.4) is 0 Å². The van der Waals surface area contributed by atoms with Crippen LogP contribution in [0.2, 0.25) is 0 Å². The number of carbonyl (C=O) groups is 3. The molecule has 2 aliphatic carbocycles. The molecule has 8 rings (SSSR count). The minimum Gasteiger partial charge on any atom is -0.493 e. The average Bonchev–Trinajstić information content (AvgIpc) is 3.96. The lowest BCUT2D eigenvalue weighted by Crippen LogP contribution is -2.25. The first-order chi connectivity index (χ1) is 29.1. The highest BCUT2D eigenvalue weighted by atomic mass is 35.5. The van der Waals surface area contributed by atoms with Gasteiger partial charge in [-0.15, -0.1) is 22.9 Å². The first kappa shape index (κ1) is 42.7.